The molecular formula is C18H17N5S. The van der Waals surface area contributed by atoms with Crippen LogP contribution in [0.25, 0.3) is 17.2 Å². The normalized spacial score (nSPS) is 11.1. The van der Waals surface area contributed by atoms with Crippen molar-refractivity contribution in [2.75, 3.05) is 5.32 Å². The van der Waals surface area contributed by atoms with Crippen LogP contribution in [-0.4, -0.2) is 19.4 Å². The largest absolute Gasteiger partial charge is 0.331 e. The summed E-state index contributed by atoms with van der Waals surface area (Å²) in [5.41, 5.74) is 6.37. The van der Waals surface area contributed by atoms with E-state index in [1.807, 2.05) is 23.6 Å². The van der Waals surface area contributed by atoms with Crippen LogP contribution in [0.1, 0.15) is 16.8 Å². The fourth-order valence-electron chi connectivity index (χ4n) is 2.82. The second kappa shape index (κ2) is 5.72. The van der Waals surface area contributed by atoms with Gasteiger partial charge >= 0.3 is 0 Å². The fraction of sp³-hybridized carbons (Fsp3) is 0.167. The maximum absolute atomic E-state index is 4.74. The number of hydrogen-bond donors (Lipinski definition) is 1. The summed E-state index contributed by atoms with van der Waals surface area (Å²) in [6, 6.07) is 8.26. The highest BCUT2D eigenvalue weighted by molar-refractivity contribution is 7.14. The minimum absolute atomic E-state index is 0.696. The molecule has 3 aromatic heterocycles. The Morgan fingerprint density at radius 3 is 2.83 bits per heavy atom. The zero-order valence-corrected chi connectivity index (χ0v) is 14.6. The van der Waals surface area contributed by atoms with Gasteiger partial charge in [-0.05, 0) is 38.5 Å². The molecule has 0 aliphatic heterocycles. The van der Waals surface area contributed by atoms with Crippen molar-refractivity contribution in [3.05, 3.63) is 58.9 Å². The standard InChI is InChI=1S/C18H17N5S/c1-11-5-6-14(12(2)9-11)21-18-22-15(10-24-18)16-13(3)20-17-19-7-4-8-23(16)17/h4-10H,1-3H3,(H,21,22). The Hall–Kier alpha value is -2.73. The average Bonchev–Trinajstić information content (AvgIpc) is 3.13. The minimum atomic E-state index is 0.696. The Morgan fingerprint density at radius 1 is 1.12 bits per heavy atom. The Bertz CT molecular complexity index is 1030. The zero-order valence-electron chi connectivity index (χ0n) is 13.7. The number of rotatable bonds is 3. The monoisotopic (exact) mass is 335 g/mol. The van der Waals surface area contributed by atoms with Crippen LogP contribution >= 0.6 is 11.3 Å². The first-order chi connectivity index (χ1) is 11.6. The van der Waals surface area contributed by atoms with Crippen LogP contribution < -0.4 is 5.32 Å². The molecule has 4 rings (SSSR count). The number of aryl methyl sites for hydroxylation is 3. The van der Waals surface area contributed by atoms with Crippen LogP contribution in [0.15, 0.2) is 42.0 Å². The predicted octanol–water partition coefficient (Wildman–Crippen LogP) is 4.52. The molecule has 0 unspecified atom stereocenters. The van der Waals surface area contributed by atoms with Crippen molar-refractivity contribution in [2.24, 2.45) is 0 Å². The van der Waals surface area contributed by atoms with Gasteiger partial charge in [0.15, 0.2) is 5.13 Å². The summed E-state index contributed by atoms with van der Waals surface area (Å²) in [4.78, 5) is 13.5. The van der Waals surface area contributed by atoms with Gasteiger partial charge in [-0.1, -0.05) is 17.7 Å². The van der Waals surface area contributed by atoms with Gasteiger partial charge in [0.05, 0.1) is 11.4 Å². The number of fused-ring (bicyclic) bond motifs is 1. The molecule has 24 heavy (non-hydrogen) atoms. The second-order valence-corrected chi connectivity index (χ2v) is 6.67. The van der Waals surface area contributed by atoms with E-state index in [-0.39, 0.29) is 0 Å². The Morgan fingerprint density at radius 2 is 2.00 bits per heavy atom. The van der Waals surface area contributed by atoms with Crippen LogP contribution in [0, 0.1) is 20.8 Å². The molecule has 0 aliphatic rings. The molecule has 0 atom stereocenters. The van der Waals surface area contributed by atoms with Gasteiger partial charge in [0.2, 0.25) is 5.78 Å². The lowest BCUT2D eigenvalue weighted by Crippen LogP contribution is -1.94. The molecular weight excluding hydrogens is 318 g/mol. The van der Waals surface area contributed by atoms with Crippen LogP contribution in [0.2, 0.25) is 0 Å². The maximum atomic E-state index is 4.74. The van der Waals surface area contributed by atoms with Crippen molar-refractivity contribution in [2.45, 2.75) is 20.8 Å². The number of benzene rings is 1. The molecule has 3 heterocycles. The lowest BCUT2D eigenvalue weighted by molar-refractivity contribution is 1.11. The van der Waals surface area contributed by atoms with Gasteiger partial charge < -0.3 is 5.32 Å². The highest BCUT2D eigenvalue weighted by atomic mass is 32.1. The van der Waals surface area contributed by atoms with E-state index >= 15 is 0 Å². The van der Waals surface area contributed by atoms with Crippen molar-refractivity contribution in [1.29, 1.82) is 0 Å². The summed E-state index contributed by atoms with van der Waals surface area (Å²) in [5.74, 6) is 0.696. The van der Waals surface area contributed by atoms with Crippen molar-refractivity contribution in [1.82, 2.24) is 19.4 Å². The highest BCUT2D eigenvalue weighted by Crippen LogP contribution is 2.30. The van der Waals surface area contributed by atoms with Crippen LogP contribution in [-0.2, 0) is 0 Å². The van der Waals surface area contributed by atoms with Crippen molar-refractivity contribution in [3.63, 3.8) is 0 Å². The van der Waals surface area contributed by atoms with Gasteiger partial charge in [-0.2, -0.15) is 0 Å². The molecule has 0 saturated carbocycles. The lowest BCUT2D eigenvalue weighted by atomic mass is 10.1. The van der Waals surface area contributed by atoms with E-state index in [9.17, 15) is 0 Å². The Labute approximate surface area is 144 Å². The summed E-state index contributed by atoms with van der Waals surface area (Å²) < 4.78 is 1.98. The molecule has 0 aliphatic carbocycles. The van der Waals surface area contributed by atoms with E-state index in [2.05, 4.69) is 52.7 Å². The third-order valence-corrected chi connectivity index (χ3v) is 4.71. The average molecular weight is 335 g/mol. The SMILES string of the molecule is Cc1ccc(Nc2nc(-c3c(C)nc4ncccn34)cs2)c(C)c1. The summed E-state index contributed by atoms with van der Waals surface area (Å²) in [6.07, 6.45) is 3.72. The fourth-order valence-corrected chi connectivity index (χ4v) is 3.52. The number of thiazole rings is 1. The van der Waals surface area contributed by atoms with Gasteiger partial charge in [-0.15, -0.1) is 11.3 Å². The molecule has 1 aromatic carbocycles. The van der Waals surface area contributed by atoms with Crippen molar-refractivity contribution in [3.8, 4) is 11.4 Å². The quantitative estimate of drug-likeness (QED) is 0.598. The summed E-state index contributed by atoms with van der Waals surface area (Å²) >= 11 is 1.59. The first kappa shape index (κ1) is 14.8. The highest BCUT2D eigenvalue weighted by Gasteiger charge is 2.14. The van der Waals surface area contributed by atoms with Crippen LogP contribution in [0.5, 0.6) is 0 Å². The van der Waals surface area contributed by atoms with E-state index in [1.54, 1.807) is 17.5 Å². The van der Waals surface area contributed by atoms with Crippen LogP contribution in [0.4, 0.5) is 10.8 Å². The molecule has 5 nitrogen and oxygen atoms in total. The Kier molecular flexibility index (Phi) is 3.54. The second-order valence-electron chi connectivity index (χ2n) is 5.82. The summed E-state index contributed by atoms with van der Waals surface area (Å²) in [6.45, 7) is 6.19. The molecule has 0 amide bonds. The Balaban J connectivity index is 1.70. The number of nitrogens with zero attached hydrogens (tertiary/aromatic N) is 4. The number of imidazole rings is 1. The molecule has 0 fully saturated rings. The van der Waals surface area contributed by atoms with E-state index in [1.165, 1.54) is 11.1 Å². The summed E-state index contributed by atoms with van der Waals surface area (Å²) in [5, 5.41) is 6.33. The van der Waals surface area contributed by atoms with Gasteiger partial charge in [-0.25, -0.2) is 15.0 Å². The number of hydrogen-bond acceptors (Lipinski definition) is 5. The maximum Gasteiger partial charge on any atom is 0.234 e. The van der Waals surface area contributed by atoms with E-state index < -0.39 is 0 Å². The topological polar surface area (TPSA) is 55.1 Å². The van der Waals surface area contributed by atoms with Crippen LogP contribution in [0.3, 0.4) is 0 Å². The molecule has 0 saturated heterocycles. The minimum Gasteiger partial charge on any atom is -0.331 e. The molecule has 0 spiro atoms. The lowest BCUT2D eigenvalue weighted by Gasteiger charge is -2.07. The summed E-state index contributed by atoms with van der Waals surface area (Å²) in [7, 11) is 0. The molecule has 1 N–H and O–H groups in total. The van der Waals surface area contributed by atoms with E-state index in [4.69, 9.17) is 4.98 Å². The molecule has 6 heteroatoms. The van der Waals surface area contributed by atoms with E-state index in [0.717, 1.165) is 27.9 Å². The number of anilines is 2. The van der Waals surface area contributed by atoms with Crippen molar-refractivity contribution >= 4 is 27.9 Å². The number of nitrogens with one attached hydrogen (secondary N) is 1. The molecule has 0 radical (unpaired) electrons. The predicted molar refractivity (Wildman–Crippen MR) is 98.0 cm³/mol. The van der Waals surface area contributed by atoms with Gasteiger partial charge in [0, 0.05) is 23.5 Å². The smallest absolute Gasteiger partial charge is 0.234 e. The third kappa shape index (κ3) is 2.55. The molecule has 4 aromatic rings. The number of aromatic nitrogens is 4. The van der Waals surface area contributed by atoms with E-state index in [0.29, 0.717) is 5.78 Å². The molecule has 120 valence electrons. The third-order valence-electron chi connectivity index (χ3n) is 3.95. The first-order valence-electron chi connectivity index (χ1n) is 7.71. The van der Waals surface area contributed by atoms with Gasteiger partial charge in [0.25, 0.3) is 0 Å². The zero-order chi connectivity index (χ0) is 16.7. The van der Waals surface area contributed by atoms with Gasteiger partial charge in [-0.3, -0.25) is 4.40 Å². The van der Waals surface area contributed by atoms with Crippen molar-refractivity contribution < 1.29 is 0 Å². The van der Waals surface area contributed by atoms with Gasteiger partial charge in [0.1, 0.15) is 5.69 Å². The first-order valence-corrected chi connectivity index (χ1v) is 8.59. The molecule has 0 bridgehead atoms.